The molecule has 0 bridgehead atoms. The Bertz CT molecular complexity index is 104. The maximum atomic E-state index is 10.0. The summed E-state index contributed by atoms with van der Waals surface area (Å²) in [6.07, 6.45) is 4.75. The zero-order valence-electron chi connectivity index (χ0n) is 7.10. The number of hydrogen-bond donors (Lipinski definition) is 2. The summed E-state index contributed by atoms with van der Waals surface area (Å²) in [6, 6.07) is 0. The molecule has 0 fully saturated rings. The molecule has 2 N–H and O–H groups in total. The number of nitrogens with one attached hydrogen (secondary N) is 1. The largest absolute Gasteiger partial charge is 0.480 e. The SMILES string of the molecule is CCCCCCNCC(=O)O. The molecule has 11 heavy (non-hydrogen) atoms. The zero-order chi connectivity index (χ0) is 8.53. The Morgan fingerprint density at radius 2 is 2.09 bits per heavy atom. The van der Waals surface area contributed by atoms with Gasteiger partial charge in [0.25, 0.3) is 0 Å². The van der Waals surface area contributed by atoms with E-state index in [0.29, 0.717) is 0 Å². The van der Waals surface area contributed by atoms with Gasteiger partial charge in [0.15, 0.2) is 0 Å². The van der Waals surface area contributed by atoms with Crippen LogP contribution in [0.2, 0.25) is 0 Å². The molecule has 3 heteroatoms. The molecular formula is C8H17NO2. The molecule has 0 unspecified atom stereocenters. The quantitative estimate of drug-likeness (QED) is 0.549. The first-order valence-electron chi connectivity index (χ1n) is 4.20. The fraction of sp³-hybridized carbons (Fsp3) is 0.875. The first-order valence-corrected chi connectivity index (χ1v) is 4.20. The molecule has 0 heterocycles. The summed E-state index contributed by atoms with van der Waals surface area (Å²) in [4.78, 5) is 10.0. The van der Waals surface area contributed by atoms with Gasteiger partial charge < -0.3 is 10.4 Å². The lowest BCUT2D eigenvalue weighted by Gasteiger charge is -1.99. The van der Waals surface area contributed by atoms with E-state index >= 15 is 0 Å². The van der Waals surface area contributed by atoms with Crippen molar-refractivity contribution in [3.8, 4) is 0 Å². The van der Waals surface area contributed by atoms with E-state index in [9.17, 15) is 4.79 Å². The summed E-state index contributed by atoms with van der Waals surface area (Å²) in [5.74, 6) is -0.777. The van der Waals surface area contributed by atoms with E-state index in [1.807, 2.05) is 0 Å². The van der Waals surface area contributed by atoms with Crippen LogP contribution in [0.4, 0.5) is 0 Å². The molecule has 0 saturated heterocycles. The highest BCUT2D eigenvalue weighted by Crippen LogP contribution is 1.96. The number of unbranched alkanes of at least 4 members (excludes halogenated alkanes) is 3. The normalized spacial score (nSPS) is 9.91. The minimum atomic E-state index is -0.777. The molecule has 0 saturated carbocycles. The van der Waals surface area contributed by atoms with Gasteiger partial charge in [0.2, 0.25) is 0 Å². The third-order valence-corrected chi connectivity index (χ3v) is 1.48. The monoisotopic (exact) mass is 159 g/mol. The van der Waals surface area contributed by atoms with Gasteiger partial charge in [0.05, 0.1) is 6.54 Å². The fourth-order valence-electron chi connectivity index (χ4n) is 0.872. The van der Waals surface area contributed by atoms with Crippen LogP contribution in [-0.2, 0) is 4.79 Å². The van der Waals surface area contributed by atoms with Crippen LogP contribution in [0.5, 0.6) is 0 Å². The molecule has 66 valence electrons. The van der Waals surface area contributed by atoms with Crippen LogP contribution in [0.25, 0.3) is 0 Å². The van der Waals surface area contributed by atoms with Crippen LogP contribution >= 0.6 is 0 Å². The maximum absolute atomic E-state index is 10.0. The lowest BCUT2D eigenvalue weighted by Crippen LogP contribution is -2.23. The summed E-state index contributed by atoms with van der Waals surface area (Å²) in [5.41, 5.74) is 0. The van der Waals surface area contributed by atoms with Crippen LogP contribution in [0.3, 0.4) is 0 Å². The van der Waals surface area contributed by atoms with E-state index in [1.54, 1.807) is 0 Å². The standard InChI is InChI=1S/C8H17NO2/c1-2-3-4-5-6-9-7-8(10)11/h9H,2-7H2,1H3,(H,10,11). The van der Waals surface area contributed by atoms with Gasteiger partial charge in [-0.05, 0) is 13.0 Å². The molecule has 0 spiro atoms. The lowest BCUT2D eigenvalue weighted by atomic mass is 10.2. The predicted molar refractivity (Wildman–Crippen MR) is 44.6 cm³/mol. The number of carboxylic acid groups (broad SMARTS) is 1. The molecule has 0 amide bonds. The van der Waals surface area contributed by atoms with Crippen molar-refractivity contribution in [3.05, 3.63) is 0 Å². The van der Waals surface area contributed by atoms with Gasteiger partial charge in [0, 0.05) is 0 Å². The topological polar surface area (TPSA) is 49.3 Å². The number of aliphatic carboxylic acids is 1. The minimum Gasteiger partial charge on any atom is -0.480 e. The lowest BCUT2D eigenvalue weighted by molar-refractivity contribution is -0.135. The molecule has 0 aliphatic heterocycles. The Hall–Kier alpha value is -0.570. The van der Waals surface area contributed by atoms with Crippen LogP contribution < -0.4 is 5.32 Å². The first kappa shape index (κ1) is 10.4. The molecule has 3 nitrogen and oxygen atoms in total. The predicted octanol–water partition coefficient (Wildman–Crippen LogP) is 1.24. The van der Waals surface area contributed by atoms with E-state index in [4.69, 9.17) is 5.11 Å². The van der Waals surface area contributed by atoms with Crippen molar-refractivity contribution in [3.63, 3.8) is 0 Å². The van der Waals surface area contributed by atoms with E-state index in [-0.39, 0.29) is 6.54 Å². The number of hydrogen-bond acceptors (Lipinski definition) is 2. The molecule has 0 atom stereocenters. The molecular weight excluding hydrogens is 142 g/mol. The van der Waals surface area contributed by atoms with E-state index < -0.39 is 5.97 Å². The number of carbonyl (C=O) groups is 1. The molecule has 0 aromatic rings. The van der Waals surface area contributed by atoms with Crippen LogP contribution in [0.15, 0.2) is 0 Å². The van der Waals surface area contributed by atoms with Crippen molar-refractivity contribution in [2.45, 2.75) is 32.6 Å². The Labute approximate surface area is 67.8 Å². The van der Waals surface area contributed by atoms with E-state index in [1.165, 1.54) is 19.3 Å². The fourth-order valence-corrected chi connectivity index (χ4v) is 0.872. The van der Waals surface area contributed by atoms with Crippen LogP contribution in [0.1, 0.15) is 32.6 Å². The Kier molecular flexibility index (Phi) is 7.15. The summed E-state index contributed by atoms with van der Waals surface area (Å²) in [7, 11) is 0. The molecule has 0 aliphatic rings. The average Bonchev–Trinajstić information content (AvgIpc) is 1.96. The summed E-state index contributed by atoms with van der Waals surface area (Å²) < 4.78 is 0. The Morgan fingerprint density at radius 1 is 1.36 bits per heavy atom. The van der Waals surface area contributed by atoms with Crippen molar-refractivity contribution in [2.24, 2.45) is 0 Å². The first-order chi connectivity index (χ1) is 5.27. The molecule has 0 aromatic carbocycles. The van der Waals surface area contributed by atoms with Crippen molar-refractivity contribution < 1.29 is 9.90 Å². The third-order valence-electron chi connectivity index (χ3n) is 1.48. The molecule has 0 aromatic heterocycles. The van der Waals surface area contributed by atoms with Crippen molar-refractivity contribution in [1.29, 1.82) is 0 Å². The smallest absolute Gasteiger partial charge is 0.317 e. The van der Waals surface area contributed by atoms with Gasteiger partial charge >= 0.3 is 5.97 Å². The Balaban J connectivity index is 2.85. The van der Waals surface area contributed by atoms with Gasteiger partial charge in [-0.2, -0.15) is 0 Å². The average molecular weight is 159 g/mol. The van der Waals surface area contributed by atoms with Gasteiger partial charge in [-0.25, -0.2) is 0 Å². The van der Waals surface area contributed by atoms with Crippen LogP contribution in [-0.4, -0.2) is 24.2 Å². The minimum absolute atomic E-state index is 0.0894. The van der Waals surface area contributed by atoms with Gasteiger partial charge in [-0.3, -0.25) is 4.79 Å². The van der Waals surface area contributed by atoms with E-state index in [0.717, 1.165) is 13.0 Å². The van der Waals surface area contributed by atoms with E-state index in [2.05, 4.69) is 12.2 Å². The second-order valence-electron chi connectivity index (χ2n) is 2.63. The molecule has 0 radical (unpaired) electrons. The second-order valence-corrected chi connectivity index (χ2v) is 2.63. The van der Waals surface area contributed by atoms with Crippen molar-refractivity contribution >= 4 is 5.97 Å². The van der Waals surface area contributed by atoms with Gasteiger partial charge in [0.1, 0.15) is 0 Å². The summed E-state index contributed by atoms with van der Waals surface area (Å²) in [6.45, 7) is 3.07. The highest BCUT2D eigenvalue weighted by Gasteiger charge is 1.93. The number of rotatable bonds is 7. The van der Waals surface area contributed by atoms with Crippen molar-refractivity contribution in [1.82, 2.24) is 5.32 Å². The maximum Gasteiger partial charge on any atom is 0.317 e. The van der Waals surface area contributed by atoms with Crippen molar-refractivity contribution in [2.75, 3.05) is 13.1 Å². The second kappa shape index (κ2) is 7.54. The molecule has 0 rings (SSSR count). The highest BCUT2D eigenvalue weighted by atomic mass is 16.4. The Morgan fingerprint density at radius 3 is 2.64 bits per heavy atom. The van der Waals surface area contributed by atoms with Crippen LogP contribution in [0, 0.1) is 0 Å². The summed E-state index contributed by atoms with van der Waals surface area (Å²) in [5, 5.41) is 11.1. The van der Waals surface area contributed by atoms with Gasteiger partial charge in [-0.15, -0.1) is 0 Å². The number of carboxylic acids is 1. The zero-order valence-corrected chi connectivity index (χ0v) is 7.10. The van der Waals surface area contributed by atoms with Gasteiger partial charge in [-0.1, -0.05) is 26.2 Å². The molecule has 0 aliphatic carbocycles. The highest BCUT2D eigenvalue weighted by molar-refractivity contribution is 5.68. The third kappa shape index (κ3) is 9.43. The summed E-state index contributed by atoms with van der Waals surface area (Å²) >= 11 is 0.